The van der Waals surface area contributed by atoms with Gasteiger partial charge in [-0.25, -0.2) is 0 Å². The maximum atomic E-state index is 12.5. The van der Waals surface area contributed by atoms with E-state index >= 15 is 0 Å². The van der Waals surface area contributed by atoms with Gasteiger partial charge in [0.2, 0.25) is 5.76 Å². The molecule has 0 spiro atoms. The zero-order valence-electron chi connectivity index (χ0n) is 8.84. The van der Waals surface area contributed by atoms with Crippen LogP contribution in [0.3, 0.4) is 0 Å². The Kier molecular flexibility index (Phi) is 3.20. The summed E-state index contributed by atoms with van der Waals surface area (Å²) in [4.78, 5) is 11.3. The fourth-order valence-electron chi connectivity index (χ4n) is 1.50. The predicted octanol–water partition coefficient (Wildman–Crippen LogP) is 4.11. The normalized spacial score (nSPS) is 11.8. The van der Waals surface area contributed by atoms with Crippen LogP contribution in [0.5, 0.6) is 0 Å². The van der Waals surface area contributed by atoms with Crippen LogP contribution in [-0.2, 0) is 6.18 Å². The Bertz CT molecular complexity index is 603. The van der Waals surface area contributed by atoms with E-state index in [1.165, 1.54) is 13.0 Å². The second-order valence-electron chi connectivity index (χ2n) is 3.42. The molecule has 0 radical (unpaired) electrons. The number of rotatable bonds is 2. The Balaban J connectivity index is 2.56. The summed E-state index contributed by atoms with van der Waals surface area (Å²) in [7, 11) is 0. The first-order valence-electron chi connectivity index (χ1n) is 4.63. The fourth-order valence-corrected chi connectivity index (χ4v) is 2.46. The smallest absolute Gasteiger partial charge is 0.351 e. The number of halogens is 4. The molecule has 8 heteroatoms. The lowest BCUT2D eigenvalue weighted by atomic mass is 10.1. The lowest BCUT2D eigenvalue weighted by Crippen LogP contribution is -2.05. The fraction of sp³-hybridized carbons (Fsp3) is 0.200. The standard InChI is InChI=1S/C10H5ClF3NO2S/c1-4-6(15-17-8(4)10(12,13)14)5-2-3-18-7(5)9(11)16/h2-3H,1H3. The van der Waals surface area contributed by atoms with Gasteiger partial charge in [0.15, 0.2) is 0 Å². The first kappa shape index (κ1) is 13.1. The van der Waals surface area contributed by atoms with Gasteiger partial charge in [-0.2, -0.15) is 13.2 Å². The number of hydrogen-bond donors (Lipinski definition) is 0. The van der Waals surface area contributed by atoms with Gasteiger partial charge in [-0.3, -0.25) is 4.79 Å². The minimum absolute atomic E-state index is 0.0208. The number of aromatic nitrogens is 1. The summed E-state index contributed by atoms with van der Waals surface area (Å²) in [6.45, 7) is 1.23. The van der Waals surface area contributed by atoms with Crippen molar-refractivity contribution in [1.82, 2.24) is 5.16 Å². The molecule has 3 nitrogen and oxygen atoms in total. The summed E-state index contributed by atoms with van der Waals surface area (Å²) in [6.07, 6.45) is -4.61. The highest BCUT2D eigenvalue weighted by atomic mass is 35.5. The van der Waals surface area contributed by atoms with Crippen molar-refractivity contribution in [2.75, 3.05) is 0 Å². The van der Waals surface area contributed by atoms with Crippen molar-refractivity contribution in [3.05, 3.63) is 27.6 Å². The van der Waals surface area contributed by atoms with Gasteiger partial charge in [0, 0.05) is 11.1 Å². The van der Waals surface area contributed by atoms with Crippen LogP contribution in [0.4, 0.5) is 13.2 Å². The molecule has 0 aliphatic rings. The number of thiophene rings is 1. The molecule has 0 atom stereocenters. The molecule has 2 aromatic heterocycles. The molecule has 0 aliphatic carbocycles. The molecule has 0 amide bonds. The quantitative estimate of drug-likeness (QED) is 0.783. The van der Waals surface area contributed by atoms with Crippen LogP contribution in [0.25, 0.3) is 11.3 Å². The van der Waals surface area contributed by atoms with Gasteiger partial charge in [0.05, 0.1) is 4.88 Å². The van der Waals surface area contributed by atoms with E-state index in [0.717, 1.165) is 11.3 Å². The van der Waals surface area contributed by atoms with Crippen molar-refractivity contribution < 1.29 is 22.5 Å². The van der Waals surface area contributed by atoms with Crippen LogP contribution in [0.1, 0.15) is 21.0 Å². The molecule has 0 saturated carbocycles. The molecule has 0 unspecified atom stereocenters. The van der Waals surface area contributed by atoms with Crippen LogP contribution in [-0.4, -0.2) is 10.4 Å². The molecule has 0 N–H and O–H groups in total. The molecule has 0 aliphatic heterocycles. The Morgan fingerprint density at radius 1 is 1.50 bits per heavy atom. The maximum Gasteiger partial charge on any atom is 0.452 e. The van der Waals surface area contributed by atoms with Crippen molar-refractivity contribution in [3.63, 3.8) is 0 Å². The van der Waals surface area contributed by atoms with E-state index in [4.69, 9.17) is 11.6 Å². The summed E-state index contributed by atoms with van der Waals surface area (Å²) in [5.74, 6) is -1.17. The third kappa shape index (κ3) is 2.15. The molecule has 18 heavy (non-hydrogen) atoms. The Hall–Kier alpha value is -1.34. The van der Waals surface area contributed by atoms with Gasteiger partial charge in [0.1, 0.15) is 5.69 Å². The van der Waals surface area contributed by atoms with E-state index in [2.05, 4.69) is 9.68 Å². The minimum Gasteiger partial charge on any atom is -0.351 e. The average Bonchev–Trinajstić information content (AvgIpc) is 2.81. The number of alkyl halides is 3. The average molecular weight is 296 g/mol. The van der Waals surface area contributed by atoms with Crippen LogP contribution in [0.2, 0.25) is 0 Å². The molecule has 2 heterocycles. The molecule has 0 saturated heterocycles. The van der Waals surface area contributed by atoms with Crippen LogP contribution in [0, 0.1) is 6.92 Å². The topological polar surface area (TPSA) is 43.1 Å². The first-order chi connectivity index (χ1) is 8.32. The van der Waals surface area contributed by atoms with Gasteiger partial charge >= 0.3 is 6.18 Å². The largest absolute Gasteiger partial charge is 0.452 e. The first-order valence-corrected chi connectivity index (χ1v) is 5.89. The Labute approximate surface area is 108 Å². The maximum absolute atomic E-state index is 12.5. The summed E-state index contributed by atoms with van der Waals surface area (Å²) in [5, 5.41) is 4.18. The van der Waals surface area contributed by atoms with Crippen molar-refractivity contribution in [3.8, 4) is 11.3 Å². The van der Waals surface area contributed by atoms with E-state index in [1.54, 1.807) is 5.38 Å². The van der Waals surface area contributed by atoms with Gasteiger partial charge in [-0.05, 0) is 30.0 Å². The van der Waals surface area contributed by atoms with Gasteiger partial charge < -0.3 is 4.52 Å². The van der Waals surface area contributed by atoms with Gasteiger partial charge in [-0.1, -0.05) is 5.16 Å². The lowest BCUT2D eigenvalue weighted by Gasteiger charge is -2.01. The highest BCUT2D eigenvalue weighted by Gasteiger charge is 2.39. The second-order valence-corrected chi connectivity index (χ2v) is 4.68. The summed E-state index contributed by atoms with van der Waals surface area (Å²) in [6, 6.07) is 1.48. The summed E-state index contributed by atoms with van der Waals surface area (Å²) in [5.41, 5.74) is 0.0596. The van der Waals surface area contributed by atoms with E-state index < -0.39 is 17.2 Å². The zero-order chi connectivity index (χ0) is 13.5. The third-order valence-corrected chi connectivity index (χ3v) is 3.49. The Morgan fingerprint density at radius 3 is 2.67 bits per heavy atom. The van der Waals surface area contributed by atoms with Crippen molar-refractivity contribution in [2.24, 2.45) is 0 Å². The molecular weight excluding hydrogens is 291 g/mol. The molecule has 96 valence electrons. The number of carbonyl (C=O) groups excluding carboxylic acids is 1. The monoisotopic (exact) mass is 295 g/mol. The molecule has 0 fully saturated rings. The SMILES string of the molecule is Cc1c(-c2ccsc2C(=O)Cl)noc1C(F)(F)F. The van der Waals surface area contributed by atoms with E-state index in [1.807, 2.05) is 0 Å². The molecule has 0 aromatic carbocycles. The van der Waals surface area contributed by atoms with Crippen molar-refractivity contribution in [1.29, 1.82) is 0 Å². The van der Waals surface area contributed by atoms with E-state index in [-0.39, 0.29) is 21.7 Å². The zero-order valence-corrected chi connectivity index (χ0v) is 10.4. The number of hydrogen-bond acceptors (Lipinski definition) is 4. The summed E-state index contributed by atoms with van der Waals surface area (Å²) >= 11 is 6.37. The minimum atomic E-state index is -4.61. The summed E-state index contributed by atoms with van der Waals surface area (Å²) < 4.78 is 41.9. The van der Waals surface area contributed by atoms with Crippen molar-refractivity contribution in [2.45, 2.75) is 13.1 Å². The van der Waals surface area contributed by atoms with Crippen LogP contribution >= 0.6 is 22.9 Å². The van der Waals surface area contributed by atoms with E-state index in [0.29, 0.717) is 0 Å². The van der Waals surface area contributed by atoms with Crippen molar-refractivity contribution >= 4 is 28.2 Å². The highest BCUT2D eigenvalue weighted by Crippen LogP contribution is 2.38. The van der Waals surface area contributed by atoms with Gasteiger partial charge in [-0.15, -0.1) is 11.3 Å². The molecule has 0 bridgehead atoms. The van der Waals surface area contributed by atoms with Gasteiger partial charge in [0.25, 0.3) is 5.24 Å². The van der Waals surface area contributed by atoms with E-state index in [9.17, 15) is 18.0 Å². The second kappa shape index (κ2) is 4.40. The number of carbonyl (C=O) groups is 1. The van der Waals surface area contributed by atoms with Crippen LogP contribution in [0.15, 0.2) is 16.0 Å². The highest BCUT2D eigenvalue weighted by molar-refractivity contribution is 7.14. The predicted molar refractivity (Wildman–Crippen MR) is 59.7 cm³/mol. The number of nitrogens with zero attached hydrogens (tertiary/aromatic N) is 1. The molecular formula is C10H5ClF3NO2S. The molecule has 2 aromatic rings. The lowest BCUT2D eigenvalue weighted by molar-refractivity contribution is -0.156. The third-order valence-electron chi connectivity index (χ3n) is 2.28. The Morgan fingerprint density at radius 2 is 2.17 bits per heavy atom. The van der Waals surface area contributed by atoms with Crippen LogP contribution < -0.4 is 0 Å². The molecule has 2 rings (SSSR count).